The summed E-state index contributed by atoms with van der Waals surface area (Å²) in [6, 6.07) is 1.43. The normalized spacial score (nSPS) is 10.2. The number of thiazole rings is 1. The molecule has 0 fully saturated rings. The third kappa shape index (κ3) is 2.82. The highest BCUT2D eigenvalue weighted by Gasteiger charge is 2.13. The second-order valence-corrected chi connectivity index (χ2v) is 4.34. The zero-order valence-electron chi connectivity index (χ0n) is 9.39. The fraction of sp³-hybridized carbons (Fsp3) is 0.300. The smallest absolute Gasteiger partial charge is 0.290 e. The maximum Gasteiger partial charge on any atom is 0.290 e. The van der Waals surface area contributed by atoms with Gasteiger partial charge in [0.2, 0.25) is 5.76 Å². The van der Waals surface area contributed by atoms with E-state index in [2.05, 4.69) is 15.5 Å². The summed E-state index contributed by atoms with van der Waals surface area (Å²) in [6.07, 6.45) is 0. The summed E-state index contributed by atoms with van der Waals surface area (Å²) in [4.78, 5) is 15.9. The van der Waals surface area contributed by atoms with Gasteiger partial charge in [0.05, 0.1) is 30.4 Å². The maximum absolute atomic E-state index is 11.6. The van der Waals surface area contributed by atoms with Gasteiger partial charge in [-0.25, -0.2) is 4.98 Å². The number of hydrogen-bond donors (Lipinski definition) is 1. The van der Waals surface area contributed by atoms with E-state index < -0.39 is 0 Å². The third-order valence-electron chi connectivity index (χ3n) is 2.02. The van der Waals surface area contributed by atoms with Gasteiger partial charge in [-0.1, -0.05) is 0 Å². The van der Waals surface area contributed by atoms with Crippen LogP contribution in [-0.2, 0) is 6.54 Å². The molecule has 1 N–H and O–H groups in total. The van der Waals surface area contributed by atoms with Crippen molar-refractivity contribution in [3.8, 4) is 5.88 Å². The lowest BCUT2D eigenvalue weighted by molar-refractivity contribution is 0.0913. The Balaban J connectivity index is 1.93. The van der Waals surface area contributed by atoms with E-state index in [1.807, 2.05) is 12.3 Å². The summed E-state index contributed by atoms with van der Waals surface area (Å²) in [5.74, 6) is 0.0555. The summed E-state index contributed by atoms with van der Waals surface area (Å²) in [5, 5.41) is 9.09. The number of carbonyl (C=O) groups excluding carboxylic acids is 1. The van der Waals surface area contributed by atoms with E-state index in [-0.39, 0.29) is 17.5 Å². The molecule has 2 heterocycles. The summed E-state index contributed by atoms with van der Waals surface area (Å²) >= 11 is 1.54. The lowest BCUT2D eigenvalue weighted by Crippen LogP contribution is -2.22. The molecule has 0 bridgehead atoms. The van der Waals surface area contributed by atoms with E-state index in [0.29, 0.717) is 6.54 Å². The van der Waals surface area contributed by atoms with Gasteiger partial charge in [0.25, 0.3) is 11.8 Å². The second kappa shape index (κ2) is 4.96. The molecule has 17 heavy (non-hydrogen) atoms. The number of nitrogens with zero attached hydrogens (tertiary/aromatic N) is 2. The van der Waals surface area contributed by atoms with Gasteiger partial charge in [-0.15, -0.1) is 11.3 Å². The van der Waals surface area contributed by atoms with E-state index in [9.17, 15) is 4.79 Å². The first-order chi connectivity index (χ1) is 8.19. The highest BCUT2D eigenvalue weighted by Crippen LogP contribution is 2.11. The molecule has 0 spiro atoms. The number of rotatable bonds is 4. The zero-order valence-corrected chi connectivity index (χ0v) is 10.2. The van der Waals surface area contributed by atoms with Crippen LogP contribution >= 0.6 is 11.3 Å². The van der Waals surface area contributed by atoms with Crippen molar-refractivity contribution in [1.29, 1.82) is 0 Å². The van der Waals surface area contributed by atoms with E-state index in [1.165, 1.54) is 13.2 Å². The van der Waals surface area contributed by atoms with Crippen molar-refractivity contribution >= 4 is 17.2 Å². The molecule has 6 nitrogen and oxygen atoms in total. The largest absolute Gasteiger partial charge is 0.479 e. The molecule has 2 rings (SSSR count). The van der Waals surface area contributed by atoms with Gasteiger partial charge >= 0.3 is 0 Å². The highest BCUT2D eigenvalue weighted by molar-refractivity contribution is 7.09. The molecule has 0 saturated carbocycles. The first-order valence-corrected chi connectivity index (χ1v) is 5.77. The fourth-order valence-corrected chi connectivity index (χ4v) is 1.82. The van der Waals surface area contributed by atoms with E-state index in [0.717, 1.165) is 10.7 Å². The molecule has 0 aliphatic heterocycles. The molecule has 2 aromatic rings. The lowest BCUT2D eigenvalue weighted by Gasteiger charge is -1.98. The molecule has 2 aromatic heterocycles. The van der Waals surface area contributed by atoms with Crippen LogP contribution in [-0.4, -0.2) is 23.2 Å². The number of hydrogen-bond acceptors (Lipinski definition) is 6. The Morgan fingerprint density at radius 3 is 3.06 bits per heavy atom. The van der Waals surface area contributed by atoms with Crippen molar-refractivity contribution in [3.05, 3.63) is 27.9 Å². The van der Waals surface area contributed by atoms with Crippen LogP contribution in [0.1, 0.15) is 21.3 Å². The predicted molar refractivity (Wildman–Crippen MR) is 61.1 cm³/mol. The van der Waals surface area contributed by atoms with E-state index in [1.54, 1.807) is 11.3 Å². The zero-order chi connectivity index (χ0) is 12.3. The van der Waals surface area contributed by atoms with Crippen LogP contribution in [0.5, 0.6) is 5.88 Å². The molecule has 1 amide bonds. The molecule has 90 valence electrons. The van der Waals surface area contributed by atoms with Crippen molar-refractivity contribution in [2.24, 2.45) is 0 Å². The van der Waals surface area contributed by atoms with Crippen LogP contribution in [0.25, 0.3) is 0 Å². The molecule has 0 radical (unpaired) electrons. The molecule has 0 aliphatic carbocycles. The van der Waals surface area contributed by atoms with Crippen molar-refractivity contribution in [2.75, 3.05) is 7.11 Å². The van der Waals surface area contributed by atoms with Crippen LogP contribution in [0.15, 0.2) is 16.0 Å². The summed E-state index contributed by atoms with van der Waals surface area (Å²) in [6.45, 7) is 2.28. The summed E-state index contributed by atoms with van der Waals surface area (Å²) < 4.78 is 9.62. The maximum atomic E-state index is 11.6. The first kappa shape index (κ1) is 11.6. The van der Waals surface area contributed by atoms with Gasteiger partial charge in [0.15, 0.2) is 0 Å². The van der Waals surface area contributed by atoms with Crippen molar-refractivity contribution in [1.82, 2.24) is 15.5 Å². The predicted octanol–water partition coefficient (Wildman–Crippen LogP) is 1.38. The molecular formula is C10H11N3O3S. The SMILES string of the molecule is COc1cc(C(=O)NCc2csc(C)n2)on1. The molecular weight excluding hydrogens is 242 g/mol. The van der Waals surface area contributed by atoms with Gasteiger partial charge in [-0.05, 0) is 12.1 Å². The topological polar surface area (TPSA) is 77.2 Å². The summed E-state index contributed by atoms with van der Waals surface area (Å²) in [7, 11) is 1.46. The lowest BCUT2D eigenvalue weighted by atomic mass is 10.4. The van der Waals surface area contributed by atoms with Gasteiger partial charge in [0.1, 0.15) is 0 Å². The number of carbonyl (C=O) groups is 1. The number of aryl methyl sites for hydroxylation is 1. The molecule has 0 unspecified atom stereocenters. The highest BCUT2D eigenvalue weighted by atomic mass is 32.1. The Kier molecular flexibility index (Phi) is 3.38. The van der Waals surface area contributed by atoms with Crippen LogP contribution in [0.3, 0.4) is 0 Å². The van der Waals surface area contributed by atoms with Crippen LogP contribution < -0.4 is 10.1 Å². The first-order valence-electron chi connectivity index (χ1n) is 4.89. The van der Waals surface area contributed by atoms with E-state index >= 15 is 0 Å². The Labute approximate surface area is 102 Å². The van der Waals surface area contributed by atoms with Gasteiger partial charge in [0, 0.05) is 5.38 Å². The quantitative estimate of drug-likeness (QED) is 0.890. The number of amides is 1. The van der Waals surface area contributed by atoms with Gasteiger partial charge < -0.3 is 14.6 Å². The Hall–Kier alpha value is -1.89. The minimum absolute atomic E-state index is 0.119. The Bertz CT molecular complexity index is 520. The number of methoxy groups -OCH3 is 1. The number of nitrogens with one attached hydrogen (secondary N) is 1. The number of ether oxygens (including phenoxy) is 1. The standard InChI is InChI=1S/C10H11N3O3S/c1-6-12-7(5-17-6)4-11-10(14)8-3-9(15-2)13-16-8/h3,5H,4H2,1-2H3,(H,11,14). The Morgan fingerprint density at radius 1 is 1.65 bits per heavy atom. The van der Waals surface area contributed by atoms with Crippen LogP contribution in [0.4, 0.5) is 0 Å². The minimum atomic E-state index is -0.341. The monoisotopic (exact) mass is 253 g/mol. The van der Waals surface area contributed by atoms with Crippen molar-refractivity contribution < 1.29 is 14.1 Å². The molecule has 0 aliphatic rings. The van der Waals surface area contributed by atoms with Gasteiger partial charge in [-0.3, -0.25) is 4.79 Å². The third-order valence-corrected chi connectivity index (χ3v) is 2.84. The van der Waals surface area contributed by atoms with E-state index in [4.69, 9.17) is 9.26 Å². The Morgan fingerprint density at radius 2 is 2.47 bits per heavy atom. The number of aromatic nitrogens is 2. The molecule has 0 aromatic carbocycles. The minimum Gasteiger partial charge on any atom is -0.479 e. The second-order valence-electron chi connectivity index (χ2n) is 3.27. The van der Waals surface area contributed by atoms with Crippen molar-refractivity contribution in [2.45, 2.75) is 13.5 Å². The van der Waals surface area contributed by atoms with Gasteiger partial charge in [-0.2, -0.15) is 0 Å². The molecule has 7 heteroatoms. The molecule has 0 saturated heterocycles. The van der Waals surface area contributed by atoms with Crippen LogP contribution in [0.2, 0.25) is 0 Å². The fourth-order valence-electron chi connectivity index (χ4n) is 1.21. The van der Waals surface area contributed by atoms with Crippen molar-refractivity contribution in [3.63, 3.8) is 0 Å². The average molecular weight is 253 g/mol. The van der Waals surface area contributed by atoms with Crippen LogP contribution in [0, 0.1) is 6.92 Å². The summed E-state index contributed by atoms with van der Waals surface area (Å²) in [5.41, 5.74) is 0.826. The molecule has 0 atom stereocenters. The average Bonchev–Trinajstić information content (AvgIpc) is 2.94.